The number of hydrogen-bond acceptors (Lipinski definition) is 4. The van der Waals surface area contributed by atoms with Gasteiger partial charge in [0, 0.05) is 11.6 Å². The van der Waals surface area contributed by atoms with Gasteiger partial charge in [0.05, 0.1) is 22.8 Å². The van der Waals surface area contributed by atoms with Crippen LogP contribution in [0.25, 0.3) is 0 Å². The number of carbonyl (C=O) groups is 1. The first-order valence-corrected chi connectivity index (χ1v) is 9.58. The summed E-state index contributed by atoms with van der Waals surface area (Å²) in [5, 5.41) is 2.52. The molecule has 1 aromatic heterocycles. The normalized spacial score (nSPS) is 17.5. The molecule has 2 fully saturated rings. The number of benzene rings is 1. The number of rotatable bonds is 6. The van der Waals surface area contributed by atoms with E-state index in [2.05, 4.69) is 10.0 Å². The second-order valence-corrected chi connectivity index (χ2v) is 8.31. The number of sulfonamides is 1. The predicted octanol–water partition coefficient (Wildman–Crippen LogP) is 3.31. The van der Waals surface area contributed by atoms with Crippen LogP contribution < -0.4 is 10.0 Å². The summed E-state index contributed by atoms with van der Waals surface area (Å²) in [6.07, 6.45) is 5.04. The van der Waals surface area contributed by atoms with Crippen LogP contribution in [0.1, 0.15) is 47.7 Å². The zero-order valence-corrected chi connectivity index (χ0v) is 13.8. The maximum atomic E-state index is 12.4. The number of carbonyl (C=O) groups excluding carboxylic acids is 1. The summed E-state index contributed by atoms with van der Waals surface area (Å²) in [4.78, 5) is 12.4. The monoisotopic (exact) mass is 346 g/mol. The first-order valence-electron chi connectivity index (χ1n) is 8.03. The van der Waals surface area contributed by atoms with Gasteiger partial charge in [-0.2, -0.15) is 0 Å². The summed E-state index contributed by atoms with van der Waals surface area (Å²) >= 11 is 0. The van der Waals surface area contributed by atoms with E-state index in [0.717, 1.165) is 18.6 Å². The van der Waals surface area contributed by atoms with E-state index in [9.17, 15) is 13.2 Å². The van der Waals surface area contributed by atoms with Crippen LogP contribution in [0.2, 0.25) is 0 Å². The van der Waals surface area contributed by atoms with Crippen LogP contribution in [0.3, 0.4) is 0 Å². The van der Waals surface area contributed by atoms with Crippen LogP contribution in [-0.2, 0) is 10.0 Å². The fourth-order valence-electron chi connectivity index (χ4n) is 2.66. The molecule has 0 aliphatic heterocycles. The number of furan rings is 1. The van der Waals surface area contributed by atoms with Crippen molar-refractivity contribution >= 4 is 27.3 Å². The van der Waals surface area contributed by atoms with Gasteiger partial charge in [-0.15, -0.1) is 0 Å². The lowest BCUT2D eigenvalue weighted by Crippen LogP contribution is -2.17. The molecule has 0 saturated heterocycles. The van der Waals surface area contributed by atoms with Crippen molar-refractivity contribution in [3.63, 3.8) is 0 Å². The van der Waals surface area contributed by atoms with Crippen LogP contribution in [0.15, 0.2) is 41.0 Å². The Bertz CT molecular complexity index is 880. The molecule has 0 spiro atoms. The largest absolute Gasteiger partial charge is 0.468 e. The van der Waals surface area contributed by atoms with Gasteiger partial charge in [0.2, 0.25) is 10.0 Å². The molecule has 4 rings (SSSR count). The van der Waals surface area contributed by atoms with Crippen molar-refractivity contribution < 1.29 is 17.6 Å². The van der Waals surface area contributed by atoms with Crippen molar-refractivity contribution in [2.45, 2.75) is 36.9 Å². The highest BCUT2D eigenvalue weighted by Crippen LogP contribution is 2.42. The summed E-state index contributed by atoms with van der Waals surface area (Å²) in [7, 11) is -3.32. The molecule has 0 bridgehead atoms. The Hall–Kier alpha value is -2.28. The van der Waals surface area contributed by atoms with E-state index in [4.69, 9.17) is 4.42 Å². The van der Waals surface area contributed by atoms with Crippen molar-refractivity contribution in [1.29, 1.82) is 0 Å². The molecule has 2 saturated carbocycles. The number of anilines is 2. The molecule has 2 aliphatic rings. The molecule has 0 unspecified atom stereocenters. The zero-order chi connectivity index (χ0) is 16.7. The van der Waals surface area contributed by atoms with Gasteiger partial charge in [0.25, 0.3) is 5.91 Å². The van der Waals surface area contributed by atoms with E-state index < -0.39 is 10.0 Å². The maximum Gasteiger partial charge on any atom is 0.259 e. The van der Waals surface area contributed by atoms with Crippen molar-refractivity contribution in [1.82, 2.24) is 0 Å². The van der Waals surface area contributed by atoms with Crippen molar-refractivity contribution in [2.24, 2.45) is 0 Å². The van der Waals surface area contributed by atoms with Crippen molar-refractivity contribution in [3.8, 4) is 0 Å². The van der Waals surface area contributed by atoms with Crippen molar-refractivity contribution in [2.75, 3.05) is 10.0 Å². The molecule has 1 heterocycles. The SMILES string of the molecule is O=C(Nc1cccc(NS(=O)(=O)C2CC2)c1)c1ccoc1C1CC1. The molecule has 7 heteroatoms. The highest BCUT2D eigenvalue weighted by atomic mass is 32.2. The quantitative estimate of drug-likeness (QED) is 0.840. The molecule has 1 aromatic carbocycles. The Kier molecular flexibility index (Phi) is 3.60. The van der Waals surface area contributed by atoms with E-state index in [-0.39, 0.29) is 11.2 Å². The van der Waals surface area contributed by atoms with E-state index in [1.807, 2.05) is 0 Å². The third-order valence-corrected chi connectivity index (χ3v) is 6.10. The van der Waals surface area contributed by atoms with Crippen LogP contribution in [0, 0.1) is 0 Å². The van der Waals surface area contributed by atoms with Crippen molar-refractivity contribution in [3.05, 3.63) is 47.9 Å². The summed E-state index contributed by atoms with van der Waals surface area (Å²) in [6.45, 7) is 0. The third kappa shape index (κ3) is 3.17. The second kappa shape index (κ2) is 5.66. The summed E-state index contributed by atoms with van der Waals surface area (Å²) in [5.41, 5.74) is 1.54. The molecule has 0 atom stereocenters. The molecule has 24 heavy (non-hydrogen) atoms. The topological polar surface area (TPSA) is 88.4 Å². The molecule has 1 amide bonds. The van der Waals surface area contributed by atoms with E-state index in [1.54, 1.807) is 30.3 Å². The van der Waals surface area contributed by atoms with Gasteiger partial charge < -0.3 is 9.73 Å². The average Bonchev–Trinajstić information content (AvgIpc) is 3.45. The maximum absolute atomic E-state index is 12.4. The minimum absolute atomic E-state index is 0.243. The smallest absolute Gasteiger partial charge is 0.259 e. The molecule has 2 aromatic rings. The van der Waals surface area contributed by atoms with E-state index in [1.165, 1.54) is 6.26 Å². The summed E-state index contributed by atoms with van der Waals surface area (Å²) in [5.74, 6) is 0.836. The fourth-order valence-corrected chi connectivity index (χ4v) is 4.03. The number of nitrogens with one attached hydrogen (secondary N) is 2. The van der Waals surface area contributed by atoms with Crippen LogP contribution in [0.5, 0.6) is 0 Å². The second-order valence-electron chi connectivity index (χ2n) is 6.35. The highest BCUT2D eigenvalue weighted by molar-refractivity contribution is 7.93. The lowest BCUT2D eigenvalue weighted by atomic mass is 10.1. The van der Waals surface area contributed by atoms with Gasteiger partial charge in [-0.05, 0) is 49.9 Å². The Morgan fingerprint density at radius 1 is 1.08 bits per heavy atom. The lowest BCUT2D eigenvalue weighted by molar-refractivity contribution is 0.102. The van der Waals surface area contributed by atoms with Gasteiger partial charge in [0.15, 0.2) is 0 Å². The van der Waals surface area contributed by atoms with Crippen LogP contribution in [-0.4, -0.2) is 19.6 Å². The van der Waals surface area contributed by atoms with Gasteiger partial charge in [-0.1, -0.05) is 6.07 Å². The Morgan fingerprint density at radius 2 is 1.83 bits per heavy atom. The standard InChI is InChI=1S/C17H18N2O4S/c20-17(15-8-9-23-16(15)11-4-5-11)18-12-2-1-3-13(10-12)19-24(21,22)14-6-7-14/h1-3,8-11,14,19H,4-7H2,(H,18,20). The molecule has 6 nitrogen and oxygen atoms in total. The van der Waals surface area contributed by atoms with Crippen LogP contribution >= 0.6 is 0 Å². The summed E-state index contributed by atoms with van der Waals surface area (Å²) < 4.78 is 32.0. The molecule has 2 aliphatic carbocycles. The Morgan fingerprint density at radius 3 is 2.54 bits per heavy atom. The molecule has 2 N–H and O–H groups in total. The molecular formula is C17H18N2O4S. The first kappa shape index (κ1) is 15.3. The van der Waals surface area contributed by atoms with Gasteiger partial charge in [-0.25, -0.2) is 8.42 Å². The fraction of sp³-hybridized carbons (Fsp3) is 0.353. The number of hydrogen-bond donors (Lipinski definition) is 2. The Balaban J connectivity index is 1.49. The van der Waals surface area contributed by atoms with Gasteiger partial charge in [-0.3, -0.25) is 9.52 Å². The number of amides is 1. The molecule has 126 valence electrons. The van der Waals surface area contributed by atoms with E-state index >= 15 is 0 Å². The van der Waals surface area contributed by atoms with Crippen LogP contribution in [0.4, 0.5) is 11.4 Å². The zero-order valence-electron chi connectivity index (χ0n) is 13.0. The third-order valence-electron chi connectivity index (χ3n) is 4.23. The lowest BCUT2D eigenvalue weighted by Gasteiger charge is -2.10. The van der Waals surface area contributed by atoms with E-state index in [0.29, 0.717) is 35.7 Å². The highest BCUT2D eigenvalue weighted by Gasteiger charge is 2.35. The Labute approximate surface area is 140 Å². The van der Waals surface area contributed by atoms with Gasteiger partial charge >= 0.3 is 0 Å². The summed E-state index contributed by atoms with van der Waals surface area (Å²) in [6, 6.07) is 8.39. The molecular weight excluding hydrogens is 328 g/mol. The molecule has 0 radical (unpaired) electrons. The van der Waals surface area contributed by atoms with Gasteiger partial charge in [0.1, 0.15) is 5.76 Å². The minimum atomic E-state index is -3.32. The predicted molar refractivity (Wildman–Crippen MR) is 90.6 cm³/mol. The first-order chi connectivity index (χ1) is 11.5. The average molecular weight is 346 g/mol. The minimum Gasteiger partial charge on any atom is -0.468 e.